The zero-order valence-electron chi connectivity index (χ0n) is 14.1. The number of aromatic hydroxyl groups is 1. The number of halogens is 1. The molecule has 3 heterocycles. The number of aryl methyl sites for hydroxylation is 1. The number of aromatic nitrogens is 6. The van der Waals surface area contributed by atoms with Crippen LogP contribution in [-0.4, -0.2) is 34.2 Å². The summed E-state index contributed by atoms with van der Waals surface area (Å²) < 4.78 is 3.51. The summed E-state index contributed by atoms with van der Waals surface area (Å²) >= 11 is 3.34. The first kappa shape index (κ1) is 16.8. The van der Waals surface area contributed by atoms with E-state index in [2.05, 4.69) is 42.9 Å². The van der Waals surface area contributed by atoms with Crippen LogP contribution in [0.5, 0.6) is 5.75 Å². The smallest absolute Gasteiger partial charge is 0.352 e. The Morgan fingerprint density at radius 1 is 1.19 bits per heavy atom. The van der Waals surface area contributed by atoms with Gasteiger partial charge in [-0.25, -0.2) is 14.8 Å². The third kappa shape index (κ3) is 2.88. The number of hydrogen-bond acceptors (Lipinski definition) is 5. The minimum absolute atomic E-state index is 0.208. The highest BCUT2D eigenvalue weighted by Gasteiger charge is 2.18. The summed E-state index contributed by atoms with van der Waals surface area (Å²) in [6.45, 7) is 2.65. The molecule has 3 aromatic heterocycles. The van der Waals surface area contributed by atoms with Gasteiger partial charge in [0.05, 0.1) is 0 Å². The van der Waals surface area contributed by atoms with E-state index < -0.39 is 0 Å². The molecule has 0 atom stereocenters. The van der Waals surface area contributed by atoms with Gasteiger partial charge >= 0.3 is 5.69 Å². The predicted octanol–water partition coefficient (Wildman–Crippen LogP) is 2.63. The lowest BCUT2D eigenvalue weighted by Gasteiger charge is -2.05. The SMILES string of the molecule is CCCCn1c(=O)n2nc(Cc3ccc(O)cc3)nc2c2[nH]c(Br)nc21. The molecule has 0 aliphatic rings. The minimum Gasteiger partial charge on any atom is -0.508 e. The molecule has 0 spiro atoms. The number of benzene rings is 1. The van der Waals surface area contributed by atoms with Crippen molar-refractivity contribution in [1.82, 2.24) is 29.1 Å². The molecule has 0 aliphatic carbocycles. The van der Waals surface area contributed by atoms with Crippen molar-refractivity contribution in [2.45, 2.75) is 32.7 Å². The number of unbranched alkanes of at least 4 members (excludes halogenated alkanes) is 1. The van der Waals surface area contributed by atoms with E-state index in [9.17, 15) is 9.90 Å². The van der Waals surface area contributed by atoms with E-state index >= 15 is 0 Å². The molecule has 0 saturated heterocycles. The molecule has 4 rings (SSSR count). The van der Waals surface area contributed by atoms with Crippen molar-refractivity contribution in [3.63, 3.8) is 0 Å². The third-order valence-corrected chi connectivity index (χ3v) is 4.61. The summed E-state index contributed by atoms with van der Waals surface area (Å²) in [7, 11) is 0. The number of H-pyrrole nitrogens is 1. The molecule has 9 heteroatoms. The molecular formula is C17H17BrN6O2. The number of rotatable bonds is 5. The Hall–Kier alpha value is -2.68. The average molecular weight is 417 g/mol. The van der Waals surface area contributed by atoms with Crippen molar-refractivity contribution < 1.29 is 5.11 Å². The standard InChI is InChI=1S/C17H17BrN6O2/c1-2-3-8-23-14-13(20-16(18)21-14)15-19-12(22-24(15)17(23)26)9-10-4-6-11(25)7-5-10/h4-7,25H,2-3,8-9H2,1H3,(H,20,21). The number of fused-ring (bicyclic) bond motifs is 3. The Morgan fingerprint density at radius 2 is 1.96 bits per heavy atom. The van der Waals surface area contributed by atoms with Crippen LogP contribution in [0, 0.1) is 0 Å². The maximum Gasteiger partial charge on any atom is 0.352 e. The molecule has 2 N–H and O–H groups in total. The summed E-state index contributed by atoms with van der Waals surface area (Å²) in [5.41, 5.74) is 2.42. The Kier molecular flexibility index (Phi) is 4.23. The zero-order valence-corrected chi connectivity index (χ0v) is 15.7. The highest BCUT2D eigenvalue weighted by Crippen LogP contribution is 2.19. The van der Waals surface area contributed by atoms with Crippen molar-refractivity contribution in [1.29, 1.82) is 0 Å². The van der Waals surface area contributed by atoms with Gasteiger partial charge < -0.3 is 10.1 Å². The van der Waals surface area contributed by atoms with Crippen LogP contribution in [0.2, 0.25) is 0 Å². The first-order valence-corrected chi connectivity index (χ1v) is 9.17. The molecule has 8 nitrogen and oxygen atoms in total. The molecular weight excluding hydrogens is 400 g/mol. The Balaban J connectivity index is 1.86. The van der Waals surface area contributed by atoms with E-state index in [0.29, 0.717) is 40.3 Å². The van der Waals surface area contributed by atoms with Crippen molar-refractivity contribution in [2.24, 2.45) is 0 Å². The maximum atomic E-state index is 12.9. The number of aromatic amines is 1. The molecule has 0 bridgehead atoms. The second-order valence-electron chi connectivity index (χ2n) is 6.12. The van der Waals surface area contributed by atoms with Gasteiger partial charge in [0.15, 0.2) is 21.9 Å². The van der Waals surface area contributed by atoms with Gasteiger partial charge in [-0.2, -0.15) is 4.52 Å². The Morgan fingerprint density at radius 3 is 2.69 bits per heavy atom. The molecule has 0 saturated carbocycles. The van der Waals surface area contributed by atoms with Gasteiger partial charge in [0.2, 0.25) is 0 Å². The first-order valence-electron chi connectivity index (χ1n) is 8.38. The zero-order chi connectivity index (χ0) is 18.3. The van der Waals surface area contributed by atoms with E-state index in [0.717, 1.165) is 18.4 Å². The fourth-order valence-electron chi connectivity index (χ4n) is 2.93. The molecule has 4 aromatic rings. The summed E-state index contributed by atoms with van der Waals surface area (Å²) in [4.78, 5) is 24.9. The molecule has 0 unspecified atom stereocenters. The van der Waals surface area contributed by atoms with Crippen molar-refractivity contribution in [2.75, 3.05) is 0 Å². The van der Waals surface area contributed by atoms with E-state index in [4.69, 9.17) is 0 Å². The summed E-state index contributed by atoms with van der Waals surface area (Å²) in [5, 5.41) is 13.8. The van der Waals surface area contributed by atoms with Crippen LogP contribution in [0.1, 0.15) is 31.2 Å². The van der Waals surface area contributed by atoms with Crippen LogP contribution in [0.25, 0.3) is 16.8 Å². The topological polar surface area (TPSA) is 101 Å². The first-order chi connectivity index (χ1) is 12.6. The molecule has 26 heavy (non-hydrogen) atoms. The van der Waals surface area contributed by atoms with Crippen LogP contribution < -0.4 is 5.69 Å². The number of nitrogens with zero attached hydrogens (tertiary/aromatic N) is 5. The number of phenols is 1. The van der Waals surface area contributed by atoms with Crippen LogP contribution in [0.15, 0.2) is 33.8 Å². The Bertz CT molecular complexity index is 1140. The van der Waals surface area contributed by atoms with Gasteiger partial charge in [0, 0.05) is 13.0 Å². The second-order valence-corrected chi connectivity index (χ2v) is 6.87. The molecule has 134 valence electrons. The minimum atomic E-state index is -0.246. The number of imidazole rings is 1. The van der Waals surface area contributed by atoms with Gasteiger partial charge in [-0.15, -0.1) is 5.10 Å². The molecule has 1 aromatic carbocycles. The second kappa shape index (κ2) is 6.56. The third-order valence-electron chi connectivity index (χ3n) is 4.23. The monoisotopic (exact) mass is 416 g/mol. The van der Waals surface area contributed by atoms with Crippen LogP contribution in [0.3, 0.4) is 0 Å². The van der Waals surface area contributed by atoms with Crippen molar-refractivity contribution >= 4 is 32.7 Å². The van der Waals surface area contributed by atoms with Crippen molar-refractivity contribution in [3.05, 3.63) is 50.9 Å². The van der Waals surface area contributed by atoms with Gasteiger partial charge in [0.25, 0.3) is 0 Å². The number of hydrogen-bond donors (Lipinski definition) is 2. The molecule has 0 aliphatic heterocycles. The van der Waals surface area contributed by atoms with Crippen LogP contribution in [-0.2, 0) is 13.0 Å². The molecule has 0 fully saturated rings. The Labute approximate surface area is 156 Å². The van der Waals surface area contributed by atoms with E-state index in [1.54, 1.807) is 16.7 Å². The summed E-state index contributed by atoms with van der Waals surface area (Å²) in [6.07, 6.45) is 2.31. The predicted molar refractivity (Wildman–Crippen MR) is 100 cm³/mol. The average Bonchev–Trinajstić information content (AvgIpc) is 3.20. The van der Waals surface area contributed by atoms with Gasteiger partial charge in [-0.3, -0.25) is 4.57 Å². The van der Waals surface area contributed by atoms with Crippen molar-refractivity contribution in [3.8, 4) is 5.75 Å². The van der Waals surface area contributed by atoms with Gasteiger partial charge in [-0.1, -0.05) is 25.5 Å². The maximum absolute atomic E-state index is 12.9. The van der Waals surface area contributed by atoms with E-state index in [1.807, 2.05) is 12.1 Å². The van der Waals surface area contributed by atoms with E-state index in [-0.39, 0.29) is 11.4 Å². The number of phenolic OH excluding ortho intramolecular Hbond substituents is 1. The largest absolute Gasteiger partial charge is 0.508 e. The van der Waals surface area contributed by atoms with Gasteiger partial charge in [-0.05, 0) is 40.0 Å². The lowest BCUT2D eigenvalue weighted by molar-refractivity contribution is 0.475. The van der Waals surface area contributed by atoms with Gasteiger partial charge in [0.1, 0.15) is 11.3 Å². The quantitative estimate of drug-likeness (QED) is 0.487. The highest BCUT2D eigenvalue weighted by molar-refractivity contribution is 9.10. The molecule has 0 radical (unpaired) electrons. The fourth-order valence-corrected chi connectivity index (χ4v) is 3.30. The van der Waals surface area contributed by atoms with Crippen LogP contribution >= 0.6 is 15.9 Å². The molecule has 0 amide bonds. The normalized spacial score (nSPS) is 11.6. The van der Waals surface area contributed by atoms with Crippen LogP contribution in [0.4, 0.5) is 0 Å². The van der Waals surface area contributed by atoms with E-state index in [1.165, 1.54) is 4.52 Å². The lowest BCUT2D eigenvalue weighted by atomic mass is 10.1. The highest BCUT2D eigenvalue weighted by atomic mass is 79.9. The number of nitrogens with one attached hydrogen (secondary N) is 1. The summed E-state index contributed by atoms with van der Waals surface area (Å²) in [5.74, 6) is 0.743. The lowest BCUT2D eigenvalue weighted by Crippen LogP contribution is -2.28. The summed E-state index contributed by atoms with van der Waals surface area (Å²) in [6, 6.07) is 6.85. The fraction of sp³-hybridized carbons (Fsp3) is 0.294.